The maximum absolute atomic E-state index is 11.9. The summed E-state index contributed by atoms with van der Waals surface area (Å²) in [5.74, 6) is 0.827. The van der Waals surface area contributed by atoms with Crippen LogP contribution in [0.1, 0.15) is 17.3 Å². The van der Waals surface area contributed by atoms with Crippen molar-refractivity contribution in [2.24, 2.45) is 5.73 Å². The number of hydrogen-bond donors (Lipinski definition) is 2. The van der Waals surface area contributed by atoms with Gasteiger partial charge in [-0.3, -0.25) is 9.78 Å². The molecule has 0 bridgehead atoms. The van der Waals surface area contributed by atoms with Gasteiger partial charge in [0.15, 0.2) is 0 Å². The average molecular weight is 337 g/mol. The number of fused-ring (bicyclic) bond motifs is 1. The third-order valence-electron chi connectivity index (χ3n) is 3.79. The predicted octanol–water partition coefficient (Wildman–Crippen LogP) is 3.48. The van der Waals surface area contributed by atoms with Gasteiger partial charge in [-0.25, -0.2) is 0 Å². The van der Waals surface area contributed by atoms with Crippen LogP contribution in [0, 0.1) is 0 Å². The van der Waals surface area contributed by atoms with Crippen molar-refractivity contribution in [3.63, 3.8) is 0 Å². The Morgan fingerprint density at radius 1 is 1.24 bits per heavy atom. The normalized spacial score (nSPS) is 10.5. The lowest BCUT2D eigenvalue weighted by Gasteiger charge is -2.16. The van der Waals surface area contributed by atoms with Gasteiger partial charge < -0.3 is 20.5 Å². The molecule has 3 aromatic rings. The molecule has 25 heavy (non-hydrogen) atoms. The Morgan fingerprint density at radius 2 is 2.04 bits per heavy atom. The summed E-state index contributed by atoms with van der Waals surface area (Å²) < 4.78 is 10.9. The molecule has 0 aliphatic heterocycles. The molecule has 0 radical (unpaired) electrons. The fourth-order valence-corrected chi connectivity index (χ4v) is 2.61. The van der Waals surface area contributed by atoms with Crippen LogP contribution in [0.2, 0.25) is 0 Å². The van der Waals surface area contributed by atoms with Crippen LogP contribution in [0.15, 0.2) is 48.7 Å². The smallest absolute Gasteiger partial charge is 0.252 e. The molecule has 2 aromatic carbocycles. The molecule has 1 amide bonds. The Morgan fingerprint density at radius 3 is 2.76 bits per heavy atom. The van der Waals surface area contributed by atoms with E-state index >= 15 is 0 Å². The van der Waals surface area contributed by atoms with Gasteiger partial charge in [-0.15, -0.1) is 0 Å². The third-order valence-corrected chi connectivity index (χ3v) is 3.79. The summed E-state index contributed by atoms with van der Waals surface area (Å²) in [5.41, 5.74) is 7.88. The first-order valence-corrected chi connectivity index (χ1v) is 7.89. The molecule has 1 aromatic heterocycles. The molecule has 0 spiro atoms. The lowest BCUT2D eigenvalue weighted by molar-refractivity contribution is 0.100. The van der Waals surface area contributed by atoms with Crippen molar-refractivity contribution in [1.82, 2.24) is 4.98 Å². The van der Waals surface area contributed by atoms with E-state index < -0.39 is 5.91 Å². The van der Waals surface area contributed by atoms with Crippen molar-refractivity contribution in [2.75, 3.05) is 19.0 Å². The number of nitrogens with one attached hydrogen (secondary N) is 1. The molecule has 6 nitrogen and oxygen atoms in total. The van der Waals surface area contributed by atoms with Crippen LogP contribution in [0.25, 0.3) is 10.9 Å². The number of amides is 1. The fourth-order valence-electron chi connectivity index (χ4n) is 2.61. The minimum atomic E-state index is -0.554. The summed E-state index contributed by atoms with van der Waals surface area (Å²) in [4.78, 5) is 16.2. The van der Waals surface area contributed by atoms with E-state index in [-0.39, 0.29) is 0 Å². The molecule has 0 atom stereocenters. The Labute approximate surface area is 145 Å². The van der Waals surface area contributed by atoms with Crippen molar-refractivity contribution < 1.29 is 14.3 Å². The highest BCUT2D eigenvalue weighted by atomic mass is 16.5. The van der Waals surface area contributed by atoms with Crippen molar-refractivity contribution in [1.29, 1.82) is 0 Å². The average Bonchev–Trinajstić information content (AvgIpc) is 2.63. The number of rotatable bonds is 6. The SMILES string of the molecule is CCOc1ccccc1Nc1c(C(N)=O)cnc2cc(OC)ccc12. The zero-order chi connectivity index (χ0) is 17.8. The minimum absolute atomic E-state index is 0.309. The van der Waals surface area contributed by atoms with E-state index in [9.17, 15) is 4.79 Å². The number of primary amides is 1. The van der Waals surface area contributed by atoms with Crippen molar-refractivity contribution in [3.8, 4) is 11.5 Å². The lowest BCUT2D eigenvalue weighted by Crippen LogP contribution is -2.14. The quantitative estimate of drug-likeness (QED) is 0.719. The number of carbonyl (C=O) groups excluding carboxylic acids is 1. The van der Waals surface area contributed by atoms with E-state index in [0.717, 1.165) is 11.1 Å². The van der Waals surface area contributed by atoms with Gasteiger partial charge in [-0.1, -0.05) is 12.1 Å². The van der Waals surface area contributed by atoms with Crippen LogP contribution in [0.4, 0.5) is 11.4 Å². The fraction of sp³-hybridized carbons (Fsp3) is 0.158. The maximum atomic E-state index is 11.9. The second kappa shape index (κ2) is 7.09. The van der Waals surface area contributed by atoms with Gasteiger partial charge in [0, 0.05) is 17.6 Å². The lowest BCUT2D eigenvalue weighted by atomic mass is 10.1. The molecule has 3 rings (SSSR count). The molecule has 0 saturated heterocycles. The summed E-state index contributed by atoms with van der Waals surface area (Å²) in [6.45, 7) is 2.45. The number of pyridine rings is 1. The second-order valence-corrected chi connectivity index (χ2v) is 5.35. The van der Waals surface area contributed by atoms with Crippen LogP contribution >= 0.6 is 0 Å². The number of nitrogens with zero attached hydrogens (tertiary/aromatic N) is 1. The van der Waals surface area contributed by atoms with E-state index in [4.69, 9.17) is 15.2 Å². The Bertz CT molecular complexity index is 925. The van der Waals surface area contributed by atoms with Gasteiger partial charge in [0.1, 0.15) is 11.5 Å². The first-order chi connectivity index (χ1) is 12.1. The highest BCUT2D eigenvalue weighted by Gasteiger charge is 2.15. The summed E-state index contributed by atoms with van der Waals surface area (Å²) in [6.07, 6.45) is 1.47. The van der Waals surface area contributed by atoms with E-state index in [1.54, 1.807) is 13.2 Å². The van der Waals surface area contributed by atoms with Crippen LogP contribution < -0.4 is 20.5 Å². The second-order valence-electron chi connectivity index (χ2n) is 5.35. The summed E-state index contributed by atoms with van der Waals surface area (Å²) >= 11 is 0. The molecule has 0 aliphatic rings. The molecule has 1 heterocycles. The molecule has 0 unspecified atom stereocenters. The van der Waals surface area contributed by atoms with E-state index in [1.165, 1.54) is 6.20 Å². The Balaban J connectivity index is 2.16. The van der Waals surface area contributed by atoms with E-state index in [0.29, 0.717) is 34.9 Å². The monoisotopic (exact) mass is 337 g/mol. The Kier molecular flexibility index (Phi) is 4.70. The first-order valence-electron chi connectivity index (χ1n) is 7.89. The number of para-hydroxylation sites is 2. The number of methoxy groups -OCH3 is 1. The largest absolute Gasteiger partial charge is 0.497 e. The molecule has 0 aliphatic carbocycles. The van der Waals surface area contributed by atoms with Crippen LogP contribution in [-0.4, -0.2) is 24.6 Å². The summed E-state index contributed by atoms with van der Waals surface area (Å²) in [5, 5.41) is 4.05. The van der Waals surface area contributed by atoms with Crippen molar-refractivity contribution in [2.45, 2.75) is 6.92 Å². The van der Waals surface area contributed by atoms with Gasteiger partial charge in [0.05, 0.1) is 36.2 Å². The number of anilines is 2. The van der Waals surface area contributed by atoms with Gasteiger partial charge in [0.25, 0.3) is 5.91 Å². The molecule has 128 valence electrons. The molecular weight excluding hydrogens is 318 g/mol. The van der Waals surface area contributed by atoms with Crippen molar-refractivity contribution >= 4 is 28.2 Å². The van der Waals surface area contributed by atoms with E-state index in [2.05, 4.69) is 10.3 Å². The first kappa shape index (κ1) is 16.6. The summed E-state index contributed by atoms with van der Waals surface area (Å²) in [7, 11) is 1.59. The van der Waals surface area contributed by atoms with Crippen LogP contribution in [0.3, 0.4) is 0 Å². The predicted molar refractivity (Wildman–Crippen MR) is 97.7 cm³/mol. The summed E-state index contributed by atoms with van der Waals surface area (Å²) in [6, 6.07) is 13.0. The standard InChI is InChI=1S/C19H19N3O3/c1-3-25-17-7-5-4-6-15(17)22-18-13-9-8-12(24-2)10-16(13)21-11-14(18)19(20)23/h4-11H,3H2,1-2H3,(H2,20,23)(H,21,22). The number of hydrogen-bond acceptors (Lipinski definition) is 5. The van der Waals surface area contributed by atoms with Gasteiger partial charge in [0.2, 0.25) is 0 Å². The molecule has 0 saturated carbocycles. The molecule has 3 N–H and O–H groups in total. The minimum Gasteiger partial charge on any atom is -0.497 e. The highest BCUT2D eigenvalue weighted by molar-refractivity contribution is 6.07. The zero-order valence-electron chi connectivity index (χ0n) is 14.1. The number of aromatic nitrogens is 1. The molecule has 0 fully saturated rings. The van der Waals surface area contributed by atoms with E-state index in [1.807, 2.05) is 43.3 Å². The molecule has 6 heteroatoms. The van der Waals surface area contributed by atoms with Crippen LogP contribution in [-0.2, 0) is 0 Å². The third kappa shape index (κ3) is 3.33. The van der Waals surface area contributed by atoms with Crippen LogP contribution in [0.5, 0.6) is 11.5 Å². The van der Waals surface area contributed by atoms with Gasteiger partial charge >= 0.3 is 0 Å². The van der Waals surface area contributed by atoms with Crippen molar-refractivity contribution in [3.05, 3.63) is 54.2 Å². The maximum Gasteiger partial charge on any atom is 0.252 e. The molecular formula is C19H19N3O3. The number of carbonyl (C=O) groups is 1. The number of benzene rings is 2. The number of nitrogens with two attached hydrogens (primary N) is 1. The highest BCUT2D eigenvalue weighted by Crippen LogP contribution is 2.34. The van der Waals surface area contributed by atoms with Gasteiger partial charge in [-0.2, -0.15) is 0 Å². The topological polar surface area (TPSA) is 86.5 Å². The Hall–Kier alpha value is -3.28. The zero-order valence-corrected chi connectivity index (χ0v) is 14.1. The number of ether oxygens (including phenoxy) is 2. The van der Waals surface area contributed by atoms with Gasteiger partial charge in [-0.05, 0) is 31.2 Å².